The largest absolute Gasteiger partial charge is 0.346 e. The molecule has 0 radical (unpaired) electrons. The lowest BCUT2D eigenvalue weighted by atomic mass is 9.92. The number of tetrazole rings is 1. The first kappa shape index (κ1) is 15.1. The molecule has 2 atom stereocenters. The highest BCUT2D eigenvalue weighted by Crippen LogP contribution is 2.37. The second kappa shape index (κ2) is 5.91. The fourth-order valence-electron chi connectivity index (χ4n) is 3.20. The maximum Gasteiger partial charge on any atom is 0.243 e. The van der Waals surface area contributed by atoms with Gasteiger partial charge in [0.25, 0.3) is 0 Å². The normalized spacial score (nSPS) is 19.6. The molecule has 0 unspecified atom stereocenters. The Labute approximate surface area is 145 Å². The zero-order chi connectivity index (χ0) is 16.7. The van der Waals surface area contributed by atoms with Crippen LogP contribution in [0.4, 0.5) is 5.95 Å². The molecule has 3 aromatic rings. The van der Waals surface area contributed by atoms with E-state index < -0.39 is 0 Å². The van der Waals surface area contributed by atoms with E-state index in [1.807, 2.05) is 28.9 Å². The number of rotatable bonds is 2. The number of benzene rings is 2. The van der Waals surface area contributed by atoms with E-state index in [0.717, 1.165) is 17.0 Å². The summed E-state index contributed by atoms with van der Waals surface area (Å²) >= 11 is 6.03. The molecule has 0 amide bonds. The van der Waals surface area contributed by atoms with Crippen LogP contribution in [0.1, 0.15) is 40.8 Å². The molecular formula is C18H18ClN5. The lowest BCUT2D eigenvalue weighted by Crippen LogP contribution is -2.28. The van der Waals surface area contributed by atoms with E-state index in [1.165, 1.54) is 16.7 Å². The van der Waals surface area contributed by atoms with Gasteiger partial charge in [0.2, 0.25) is 5.95 Å². The Bertz CT molecular complexity index is 871. The number of hydrogen-bond donors (Lipinski definition) is 1. The minimum atomic E-state index is 0.0834. The Morgan fingerprint density at radius 2 is 1.79 bits per heavy atom. The summed E-state index contributed by atoms with van der Waals surface area (Å²) < 4.78 is 1.85. The highest BCUT2D eigenvalue weighted by atomic mass is 35.5. The first-order valence-corrected chi connectivity index (χ1v) is 8.36. The summed E-state index contributed by atoms with van der Waals surface area (Å²) in [7, 11) is 0. The average Bonchev–Trinajstić information content (AvgIpc) is 3.06. The third-order valence-electron chi connectivity index (χ3n) is 4.74. The van der Waals surface area contributed by atoms with E-state index in [1.54, 1.807) is 0 Å². The lowest BCUT2D eigenvalue weighted by Gasteiger charge is -2.31. The molecule has 1 aliphatic rings. The Kier molecular flexibility index (Phi) is 3.73. The number of fused-ring (bicyclic) bond motifs is 1. The van der Waals surface area contributed by atoms with E-state index in [0.29, 0.717) is 5.95 Å². The zero-order valence-corrected chi connectivity index (χ0v) is 14.3. The smallest absolute Gasteiger partial charge is 0.243 e. The van der Waals surface area contributed by atoms with Crippen LogP contribution >= 0.6 is 11.6 Å². The van der Waals surface area contributed by atoms with Gasteiger partial charge in [-0.3, -0.25) is 0 Å². The second-order valence-electron chi connectivity index (χ2n) is 6.29. The van der Waals surface area contributed by atoms with Crippen molar-refractivity contribution in [2.45, 2.75) is 32.4 Å². The van der Waals surface area contributed by atoms with Gasteiger partial charge in [-0.25, -0.2) is 4.68 Å². The van der Waals surface area contributed by atoms with Gasteiger partial charge in [0.05, 0.1) is 12.1 Å². The van der Waals surface area contributed by atoms with Crippen LogP contribution in [0.25, 0.3) is 0 Å². The minimum Gasteiger partial charge on any atom is -0.346 e. The number of halogens is 1. The standard InChI is InChI=1S/C18H18ClN5/c1-11-3-4-14(9-12(11)2)16-10-17(13-5-7-15(19)8-6-13)24-18(20-16)21-22-23-24/h3-9,16-17H,10H2,1-2H3,(H,20,21,23)/t16-,17+/m0/s1. The molecule has 2 heterocycles. The summed E-state index contributed by atoms with van der Waals surface area (Å²) in [6.07, 6.45) is 0.877. The summed E-state index contributed by atoms with van der Waals surface area (Å²) in [5.74, 6) is 0.699. The van der Waals surface area contributed by atoms with Crippen molar-refractivity contribution in [2.75, 3.05) is 5.32 Å². The third kappa shape index (κ3) is 2.65. The summed E-state index contributed by atoms with van der Waals surface area (Å²) in [4.78, 5) is 0. The zero-order valence-electron chi connectivity index (χ0n) is 13.6. The van der Waals surface area contributed by atoms with E-state index in [2.05, 4.69) is 52.9 Å². The number of aryl methyl sites for hydroxylation is 2. The van der Waals surface area contributed by atoms with Crippen LogP contribution in [-0.2, 0) is 0 Å². The molecule has 2 aromatic carbocycles. The van der Waals surface area contributed by atoms with Crippen LogP contribution in [0, 0.1) is 13.8 Å². The van der Waals surface area contributed by atoms with E-state index in [-0.39, 0.29) is 12.1 Å². The van der Waals surface area contributed by atoms with Crippen molar-refractivity contribution in [1.29, 1.82) is 0 Å². The molecule has 122 valence electrons. The van der Waals surface area contributed by atoms with Gasteiger partial charge in [-0.05, 0) is 65.1 Å². The van der Waals surface area contributed by atoms with Gasteiger partial charge in [0.15, 0.2) is 0 Å². The van der Waals surface area contributed by atoms with E-state index in [4.69, 9.17) is 11.6 Å². The Balaban J connectivity index is 1.72. The van der Waals surface area contributed by atoms with Crippen LogP contribution in [0.2, 0.25) is 5.02 Å². The maximum absolute atomic E-state index is 6.03. The van der Waals surface area contributed by atoms with Crippen molar-refractivity contribution in [3.05, 3.63) is 69.7 Å². The molecule has 1 aliphatic heterocycles. The fourth-order valence-corrected chi connectivity index (χ4v) is 3.33. The second-order valence-corrected chi connectivity index (χ2v) is 6.73. The minimum absolute atomic E-state index is 0.0834. The van der Waals surface area contributed by atoms with Gasteiger partial charge in [0.1, 0.15) is 0 Å². The quantitative estimate of drug-likeness (QED) is 0.764. The average molecular weight is 340 g/mol. The molecule has 0 bridgehead atoms. The van der Waals surface area contributed by atoms with Crippen molar-refractivity contribution in [1.82, 2.24) is 20.2 Å². The van der Waals surface area contributed by atoms with Gasteiger partial charge in [0, 0.05) is 5.02 Å². The summed E-state index contributed by atoms with van der Waals surface area (Å²) in [5.41, 5.74) is 5.01. The summed E-state index contributed by atoms with van der Waals surface area (Å²) in [5, 5.41) is 16.3. The van der Waals surface area contributed by atoms with Crippen LogP contribution in [0.5, 0.6) is 0 Å². The molecular weight excluding hydrogens is 322 g/mol. The fraction of sp³-hybridized carbons (Fsp3) is 0.278. The molecule has 4 rings (SSSR count). The maximum atomic E-state index is 6.03. The molecule has 0 fully saturated rings. The van der Waals surface area contributed by atoms with E-state index in [9.17, 15) is 0 Å². The highest BCUT2D eigenvalue weighted by molar-refractivity contribution is 6.30. The molecule has 6 heteroatoms. The van der Waals surface area contributed by atoms with Gasteiger partial charge < -0.3 is 5.32 Å². The first-order chi connectivity index (χ1) is 11.6. The first-order valence-electron chi connectivity index (χ1n) is 7.99. The monoisotopic (exact) mass is 339 g/mol. The number of nitrogens with zero attached hydrogens (tertiary/aromatic N) is 4. The van der Waals surface area contributed by atoms with Crippen LogP contribution < -0.4 is 5.32 Å². The van der Waals surface area contributed by atoms with Gasteiger partial charge >= 0.3 is 0 Å². The van der Waals surface area contributed by atoms with Crippen LogP contribution in [-0.4, -0.2) is 20.2 Å². The number of anilines is 1. The molecule has 0 saturated heterocycles. The van der Waals surface area contributed by atoms with Gasteiger partial charge in [-0.1, -0.05) is 47.0 Å². The topological polar surface area (TPSA) is 55.6 Å². The number of nitrogens with one attached hydrogen (secondary N) is 1. The van der Waals surface area contributed by atoms with Crippen LogP contribution in [0.3, 0.4) is 0 Å². The highest BCUT2D eigenvalue weighted by Gasteiger charge is 2.30. The number of hydrogen-bond acceptors (Lipinski definition) is 4. The molecule has 1 N–H and O–H groups in total. The molecule has 0 spiro atoms. The summed E-state index contributed by atoms with van der Waals surface area (Å²) in [6, 6.07) is 14.7. The van der Waals surface area contributed by atoms with Crippen molar-refractivity contribution in [3.63, 3.8) is 0 Å². The SMILES string of the molecule is Cc1ccc([C@@H]2C[C@H](c3ccc(Cl)cc3)n3nnnc3N2)cc1C. The Hall–Kier alpha value is -2.40. The third-order valence-corrected chi connectivity index (χ3v) is 4.99. The number of aromatic nitrogens is 4. The van der Waals surface area contributed by atoms with Crippen molar-refractivity contribution >= 4 is 17.5 Å². The van der Waals surface area contributed by atoms with Crippen molar-refractivity contribution in [3.8, 4) is 0 Å². The summed E-state index contributed by atoms with van der Waals surface area (Å²) in [6.45, 7) is 4.27. The Morgan fingerprint density at radius 1 is 1.04 bits per heavy atom. The molecule has 0 aliphatic carbocycles. The predicted octanol–water partition coefficient (Wildman–Crippen LogP) is 4.09. The van der Waals surface area contributed by atoms with E-state index >= 15 is 0 Å². The van der Waals surface area contributed by atoms with Gasteiger partial charge in [-0.15, -0.1) is 0 Å². The molecule has 1 aromatic heterocycles. The molecule has 0 saturated carbocycles. The van der Waals surface area contributed by atoms with Gasteiger partial charge in [-0.2, -0.15) is 0 Å². The Morgan fingerprint density at radius 3 is 2.54 bits per heavy atom. The van der Waals surface area contributed by atoms with Crippen molar-refractivity contribution < 1.29 is 0 Å². The predicted molar refractivity (Wildman–Crippen MR) is 94.3 cm³/mol. The van der Waals surface area contributed by atoms with Crippen LogP contribution in [0.15, 0.2) is 42.5 Å². The molecule has 24 heavy (non-hydrogen) atoms. The van der Waals surface area contributed by atoms with Crippen molar-refractivity contribution in [2.24, 2.45) is 0 Å². The molecule has 5 nitrogen and oxygen atoms in total. The lowest BCUT2D eigenvalue weighted by molar-refractivity contribution is 0.423.